The predicted molar refractivity (Wildman–Crippen MR) is 108 cm³/mol. The number of rotatable bonds is 11. The average molecular weight is 365 g/mol. The SMILES string of the molecule is C=C/C=C\C(OC(/C=C\C)=C(/C=C)[N+](=O)[O-])=C(/C=C)OCc1ccccc1. The van der Waals surface area contributed by atoms with Crippen LogP contribution in [0.5, 0.6) is 0 Å². The van der Waals surface area contributed by atoms with Gasteiger partial charge in [0.15, 0.2) is 11.5 Å². The first-order valence-corrected chi connectivity index (χ1v) is 8.21. The van der Waals surface area contributed by atoms with Gasteiger partial charge >= 0.3 is 5.70 Å². The second-order valence-corrected chi connectivity index (χ2v) is 5.11. The highest BCUT2D eigenvalue weighted by molar-refractivity contribution is 5.31. The first kappa shape index (κ1) is 21.4. The minimum atomic E-state index is -0.560. The van der Waals surface area contributed by atoms with Gasteiger partial charge < -0.3 is 9.47 Å². The number of hydrogen-bond donors (Lipinski definition) is 0. The van der Waals surface area contributed by atoms with Crippen molar-refractivity contribution in [2.24, 2.45) is 0 Å². The van der Waals surface area contributed by atoms with Crippen LogP contribution in [0.15, 0.2) is 116 Å². The summed E-state index contributed by atoms with van der Waals surface area (Å²) in [5.74, 6) is 0.629. The molecule has 5 heteroatoms. The van der Waals surface area contributed by atoms with E-state index in [2.05, 4.69) is 19.7 Å². The smallest absolute Gasteiger partial charge is 0.310 e. The molecule has 0 bridgehead atoms. The summed E-state index contributed by atoms with van der Waals surface area (Å²) in [6.45, 7) is 12.9. The molecule has 0 fully saturated rings. The summed E-state index contributed by atoms with van der Waals surface area (Å²) in [4.78, 5) is 10.7. The molecule has 1 aromatic rings. The lowest BCUT2D eigenvalue weighted by atomic mass is 10.2. The van der Waals surface area contributed by atoms with Gasteiger partial charge in [0, 0.05) is 6.08 Å². The van der Waals surface area contributed by atoms with Crippen molar-refractivity contribution in [2.75, 3.05) is 0 Å². The molecule has 0 radical (unpaired) electrons. The van der Waals surface area contributed by atoms with Gasteiger partial charge in [-0.1, -0.05) is 68.3 Å². The van der Waals surface area contributed by atoms with Gasteiger partial charge in [-0.25, -0.2) is 0 Å². The molecule has 0 aliphatic carbocycles. The highest BCUT2D eigenvalue weighted by Gasteiger charge is 2.17. The monoisotopic (exact) mass is 365 g/mol. The molecule has 0 aliphatic rings. The van der Waals surface area contributed by atoms with Gasteiger partial charge in [-0.05, 0) is 30.7 Å². The molecular formula is C22H23NO4. The Kier molecular flexibility index (Phi) is 9.43. The van der Waals surface area contributed by atoms with Crippen LogP contribution in [0.2, 0.25) is 0 Å². The van der Waals surface area contributed by atoms with E-state index in [9.17, 15) is 10.1 Å². The van der Waals surface area contributed by atoms with E-state index in [0.29, 0.717) is 12.4 Å². The van der Waals surface area contributed by atoms with Gasteiger partial charge in [-0.2, -0.15) is 0 Å². The van der Waals surface area contributed by atoms with E-state index in [1.807, 2.05) is 30.3 Å². The number of ether oxygens (including phenoxy) is 2. The van der Waals surface area contributed by atoms with Crippen LogP contribution in [0.25, 0.3) is 0 Å². The summed E-state index contributed by atoms with van der Waals surface area (Å²) < 4.78 is 11.6. The Hall–Kier alpha value is -3.60. The Morgan fingerprint density at radius 2 is 1.78 bits per heavy atom. The maximum Gasteiger partial charge on any atom is 0.310 e. The second kappa shape index (κ2) is 11.9. The van der Waals surface area contributed by atoms with Crippen molar-refractivity contribution in [3.63, 3.8) is 0 Å². The molecular weight excluding hydrogens is 342 g/mol. The molecule has 0 saturated heterocycles. The Morgan fingerprint density at radius 3 is 2.30 bits per heavy atom. The second-order valence-electron chi connectivity index (χ2n) is 5.11. The summed E-state index contributed by atoms with van der Waals surface area (Å²) >= 11 is 0. The molecule has 0 saturated carbocycles. The third kappa shape index (κ3) is 7.04. The molecule has 1 aromatic carbocycles. The largest absolute Gasteiger partial charge is 0.485 e. The van der Waals surface area contributed by atoms with Crippen molar-refractivity contribution in [2.45, 2.75) is 13.5 Å². The Morgan fingerprint density at radius 1 is 1.07 bits per heavy atom. The molecule has 0 unspecified atom stereocenters. The molecule has 0 amide bonds. The zero-order chi connectivity index (χ0) is 20.1. The van der Waals surface area contributed by atoms with E-state index in [-0.39, 0.29) is 17.2 Å². The van der Waals surface area contributed by atoms with Gasteiger partial charge in [-0.3, -0.25) is 10.1 Å². The van der Waals surface area contributed by atoms with E-state index >= 15 is 0 Å². The van der Waals surface area contributed by atoms with Crippen LogP contribution in [0.3, 0.4) is 0 Å². The van der Waals surface area contributed by atoms with Gasteiger partial charge in [0.25, 0.3) is 0 Å². The van der Waals surface area contributed by atoms with E-state index in [1.165, 1.54) is 12.2 Å². The molecule has 140 valence electrons. The fourth-order valence-corrected chi connectivity index (χ4v) is 1.99. The molecule has 0 N–H and O–H groups in total. The topological polar surface area (TPSA) is 61.6 Å². The van der Waals surface area contributed by atoms with Crippen LogP contribution < -0.4 is 0 Å². The van der Waals surface area contributed by atoms with Crippen LogP contribution in [-0.4, -0.2) is 4.92 Å². The molecule has 0 atom stereocenters. The minimum absolute atomic E-state index is 0.0314. The molecule has 0 aliphatic heterocycles. The molecule has 5 nitrogen and oxygen atoms in total. The van der Waals surface area contributed by atoms with Gasteiger partial charge in [-0.15, -0.1) is 0 Å². The van der Waals surface area contributed by atoms with Crippen LogP contribution in [0.1, 0.15) is 12.5 Å². The lowest BCUT2D eigenvalue weighted by molar-refractivity contribution is -0.421. The van der Waals surface area contributed by atoms with Crippen molar-refractivity contribution in [3.05, 3.63) is 131 Å². The summed E-state index contributed by atoms with van der Waals surface area (Å²) in [6, 6.07) is 9.58. The van der Waals surface area contributed by atoms with Crippen molar-refractivity contribution in [1.29, 1.82) is 0 Å². The summed E-state index contributed by atoms with van der Waals surface area (Å²) in [5.41, 5.74) is 0.703. The quantitative estimate of drug-likeness (QED) is 0.221. The lowest BCUT2D eigenvalue weighted by Gasteiger charge is -2.13. The van der Waals surface area contributed by atoms with Crippen molar-refractivity contribution < 1.29 is 14.4 Å². The van der Waals surface area contributed by atoms with E-state index in [4.69, 9.17) is 9.47 Å². The van der Waals surface area contributed by atoms with Crippen LogP contribution in [0, 0.1) is 10.1 Å². The van der Waals surface area contributed by atoms with Crippen LogP contribution in [0.4, 0.5) is 0 Å². The first-order valence-electron chi connectivity index (χ1n) is 8.21. The fourth-order valence-electron chi connectivity index (χ4n) is 1.99. The third-order valence-electron chi connectivity index (χ3n) is 3.23. The number of nitrogens with zero attached hydrogens (tertiary/aromatic N) is 1. The number of benzene rings is 1. The van der Waals surface area contributed by atoms with Crippen molar-refractivity contribution in [1.82, 2.24) is 0 Å². The lowest BCUT2D eigenvalue weighted by Crippen LogP contribution is -2.04. The predicted octanol–water partition coefficient (Wildman–Crippen LogP) is 5.61. The summed E-state index contributed by atoms with van der Waals surface area (Å²) in [6.07, 6.45) is 10.5. The zero-order valence-corrected chi connectivity index (χ0v) is 15.3. The maximum absolute atomic E-state index is 11.3. The highest BCUT2D eigenvalue weighted by atomic mass is 16.6. The van der Waals surface area contributed by atoms with Gasteiger partial charge in [0.1, 0.15) is 6.61 Å². The normalized spacial score (nSPS) is 12.9. The molecule has 0 aromatic heterocycles. The fraction of sp³-hybridized carbons (Fsp3) is 0.0909. The average Bonchev–Trinajstić information content (AvgIpc) is 2.67. The molecule has 1 rings (SSSR count). The Balaban J connectivity index is 3.30. The summed E-state index contributed by atoms with van der Waals surface area (Å²) in [5, 5.41) is 11.3. The van der Waals surface area contributed by atoms with Crippen LogP contribution in [-0.2, 0) is 16.1 Å². The van der Waals surface area contributed by atoms with E-state index in [1.54, 1.807) is 31.2 Å². The van der Waals surface area contributed by atoms with Crippen molar-refractivity contribution >= 4 is 0 Å². The Bertz CT molecular complexity index is 799. The highest BCUT2D eigenvalue weighted by Crippen LogP contribution is 2.21. The maximum atomic E-state index is 11.3. The van der Waals surface area contributed by atoms with Crippen LogP contribution >= 0.6 is 0 Å². The molecule has 0 heterocycles. The standard InChI is InChI=1S/C22H23NO4/c1-5-9-16-22(27-21(13-6-2)19(7-3)23(24)25)20(8-4)26-17-18-14-11-10-12-15-18/h5-16H,1,3-4,17H2,2H3/b13-6-,16-9-,21-19-,22-20-. The number of hydrogen-bond acceptors (Lipinski definition) is 4. The first-order chi connectivity index (χ1) is 13.1. The van der Waals surface area contributed by atoms with Gasteiger partial charge in [0.05, 0.1) is 4.92 Å². The van der Waals surface area contributed by atoms with E-state index < -0.39 is 4.92 Å². The van der Waals surface area contributed by atoms with Gasteiger partial charge in [0.2, 0.25) is 5.76 Å². The molecule has 27 heavy (non-hydrogen) atoms. The Labute approximate surface area is 159 Å². The minimum Gasteiger partial charge on any atom is -0.485 e. The summed E-state index contributed by atoms with van der Waals surface area (Å²) in [7, 11) is 0. The zero-order valence-electron chi connectivity index (χ0n) is 15.3. The number of nitro groups is 1. The number of allylic oxidation sites excluding steroid dienone is 7. The van der Waals surface area contributed by atoms with E-state index in [0.717, 1.165) is 11.6 Å². The third-order valence-corrected chi connectivity index (χ3v) is 3.23. The van der Waals surface area contributed by atoms with Crippen molar-refractivity contribution in [3.8, 4) is 0 Å². The molecule has 0 spiro atoms.